The Kier molecular flexibility index (Phi) is 3.55. The van der Waals surface area contributed by atoms with Crippen LogP contribution in [0, 0.1) is 0 Å². The molecule has 2 aromatic heterocycles. The maximum Gasteiger partial charge on any atom is 0.272 e. The fraction of sp³-hybridized carbons (Fsp3) is 0.222. The fourth-order valence-corrected chi connectivity index (χ4v) is 3.42. The number of nitrogen functional groups attached to an aromatic ring is 1. The molecule has 0 aliphatic carbocycles. The average molecular weight is 285 g/mol. The van der Waals surface area contributed by atoms with Crippen molar-refractivity contribution in [3.63, 3.8) is 0 Å². The quantitative estimate of drug-likeness (QED) is 0.868. The number of hydrogen-bond acceptors (Lipinski definition) is 7. The summed E-state index contributed by atoms with van der Waals surface area (Å²) in [5, 5.41) is 7.18. The first-order chi connectivity index (χ1) is 8.50. The number of anilines is 1. The highest BCUT2D eigenvalue weighted by Crippen LogP contribution is 2.21. The SMILES string of the molecule is CN(Cc1ccncc1)S(=O)(=O)c1nnc(N)s1. The van der Waals surface area contributed by atoms with Crippen molar-refractivity contribution in [3.8, 4) is 0 Å². The van der Waals surface area contributed by atoms with E-state index in [1.165, 1.54) is 11.4 Å². The zero-order valence-corrected chi connectivity index (χ0v) is 11.1. The van der Waals surface area contributed by atoms with Crippen molar-refractivity contribution < 1.29 is 8.42 Å². The van der Waals surface area contributed by atoms with Crippen LogP contribution in [-0.4, -0.2) is 35.0 Å². The molecule has 2 N–H and O–H groups in total. The van der Waals surface area contributed by atoms with Crippen LogP contribution in [0.2, 0.25) is 0 Å². The number of hydrogen-bond donors (Lipinski definition) is 1. The minimum absolute atomic E-state index is 0.100. The lowest BCUT2D eigenvalue weighted by Crippen LogP contribution is -2.26. The molecular formula is C9H11N5O2S2. The molecule has 7 nitrogen and oxygen atoms in total. The molecule has 2 heterocycles. The summed E-state index contributed by atoms with van der Waals surface area (Å²) < 4.78 is 25.3. The van der Waals surface area contributed by atoms with Crippen molar-refractivity contribution in [1.82, 2.24) is 19.5 Å². The van der Waals surface area contributed by atoms with Crippen LogP contribution in [-0.2, 0) is 16.6 Å². The summed E-state index contributed by atoms with van der Waals surface area (Å²) in [6.45, 7) is 0.240. The largest absolute Gasteiger partial charge is 0.374 e. The van der Waals surface area contributed by atoms with Crippen molar-refractivity contribution >= 4 is 26.5 Å². The fourth-order valence-electron chi connectivity index (χ4n) is 1.29. The van der Waals surface area contributed by atoms with E-state index < -0.39 is 10.0 Å². The molecule has 0 spiro atoms. The number of aromatic nitrogens is 3. The molecule has 0 radical (unpaired) electrons. The number of nitrogens with zero attached hydrogens (tertiary/aromatic N) is 4. The van der Waals surface area contributed by atoms with Gasteiger partial charge >= 0.3 is 0 Å². The van der Waals surface area contributed by atoms with E-state index in [1.54, 1.807) is 24.5 Å². The summed E-state index contributed by atoms with van der Waals surface area (Å²) in [5.41, 5.74) is 6.22. The molecule has 0 bridgehead atoms. The van der Waals surface area contributed by atoms with Crippen LogP contribution in [0.5, 0.6) is 0 Å². The lowest BCUT2D eigenvalue weighted by atomic mass is 10.3. The highest BCUT2D eigenvalue weighted by atomic mass is 32.2. The highest BCUT2D eigenvalue weighted by molar-refractivity contribution is 7.91. The van der Waals surface area contributed by atoms with Gasteiger partial charge in [0.15, 0.2) is 0 Å². The Labute approximate surface area is 108 Å². The zero-order valence-electron chi connectivity index (χ0n) is 9.52. The molecule has 0 saturated carbocycles. The van der Waals surface area contributed by atoms with E-state index in [0.29, 0.717) is 0 Å². The van der Waals surface area contributed by atoms with Gasteiger partial charge in [-0.15, -0.1) is 10.2 Å². The number of nitrogens with two attached hydrogens (primary N) is 1. The molecule has 0 aliphatic rings. The second-order valence-corrected chi connectivity index (χ2v) is 6.75. The Morgan fingerprint density at radius 3 is 2.56 bits per heavy atom. The molecule has 2 rings (SSSR count). The van der Waals surface area contributed by atoms with Crippen LogP contribution in [0.1, 0.15) is 5.56 Å². The van der Waals surface area contributed by atoms with Crippen LogP contribution in [0.25, 0.3) is 0 Å². The predicted octanol–water partition coefficient (Wildman–Crippen LogP) is 0.336. The Hall–Kier alpha value is -1.58. The Morgan fingerprint density at radius 1 is 1.33 bits per heavy atom. The maximum absolute atomic E-state index is 12.1. The van der Waals surface area contributed by atoms with Gasteiger partial charge in [-0.25, -0.2) is 8.42 Å². The summed E-state index contributed by atoms with van der Waals surface area (Å²) in [7, 11) is -2.16. The summed E-state index contributed by atoms with van der Waals surface area (Å²) in [5.74, 6) is 0. The molecule has 0 amide bonds. The molecular weight excluding hydrogens is 274 g/mol. The zero-order chi connectivity index (χ0) is 13.2. The van der Waals surface area contributed by atoms with Crippen molar-refractivity contribution in [1.29, 1.82) is 0 Å². The Balaban J connectivity index is 2.21. The van der Waals surface area contributed by atoms with Gasteiger partial charge in [0, 0.05) is 26.0 Å². The molecule has 18 heavy (non-hydrogen) atoms. The Bertz CT molecular complexity index is 625. The van der Waals surface area contributed by atoms with Crippen molar-refractivity contribution in [3.05, 3.63) is 30.1 Å². The average Bonchev–Trinajstić information content (AvgIpc) is 2.78. The molecule has 0 aromatic carbocycles. The van der Waals surface area contributed by atoms with Crippen LogP contribution in [0.3, 0.4) is 0 Å². The molecule has 0 saturated heterocycles. The third-order valence-corrected chi connectivity index (χ3v) is 5.11. The molecule has 0 aliphatic heterocycles. The van der Waals surface area contributed by atoms with Gasteiger partial charge in [0.2, 0.25) is 9.47 Å². The van der Waals surface area contributed by atoms with E-state index in [0.717, 1.165) is 16.9 Å². The standard InChI is InChI=1S/C9H11N5O2S2/c1-14(6-7-2-4-11-5-3-7)18(15,16)9-13-12-8(10)17-9/h2-5H,6H2,1H3,(H2,10,12). The summed E-state index contributed by atoms with van der Waals surface area (Å²) in [6, 6.07) is 3.50. The Morgan fingerprint density at radius 2 is 2.00 bits per heavy atom. The van der Waals surface area contributed by atoms with Gasteiger partial charge in [-0.3, -0.25) is 4.98 Å². The second kappa shape index (κ2) is 4.96. The van der Waals surface area contributed by atoms with Gasteiger partial charge in [0.1, 0.15) is 0 Å². The smallest absolute Gasteiger partial charge is 0.272 e. The predicted molar refractivity (Wildman–Crippen MR) is 67.2 cm³/mol. The van der Waals surface area contributed by atoms with Crippen molar-refractivity contribution in [2.75, 3.05) is 12.8 Å². The third kappa shape index (κ3) is 2.63. The third-order valence-electron chi connectivity index (χ3n) is 2.21. The van der Waals surface area contributed by atoms with Gasteiger partial charge < -0.3 is 5.73 Å². The van der Waals surface area contributed by atoms with Gasteiger partial charge in [0.05, 0.1) is 0 Å². The molecule has 9 heteroatoms. The highest BCUT2D eigenvalue weighted by Gasteiger charge is 2.25. The van der Waals surface area contributed by atoms with Crippen LogP contribution >= 0.6 is 11.3 Å². The van der Waals surface area contributed by atoms with E-state index in [-0.39, 0.29) is 16.0 Å². The minimum Gasteiger partial charge on any atom is -0.374 e. The second-order valence-electron chi connectivity index (χ2n) is 3.52. The summed E-state index contributed by atoms with van der Waals surface area (Å²) in [6.07, 6.45) is 3.22. The van der Waals surface area contributed by atoms with Crippen LogP contribution < -0.4 is 5.73 Å². The molecule has 96 valence electrons. The first-order valence-electron chi connectivity index (χ1n) is 4.94. The maximum atomic E-state index is 12.1. The van der Waals surface area contributed by atoms with Gasteiger partial charge in [0.25, 0.3) is 10.0 Å². The molecule has 0 atom stereocenters. The topological polar surface area (TPSA) is 102 Å². The van der Waals surface area contributed by atoms with E-state index in [9.17, 15) is 8.42 Å². The van der Waals surface area contributed by atoms with Crippen molar-refractivity contribution in [2.45, 2.75) is 10.9 Å². The van der Waals surface area contributed by atoms with E-state index in [4.69, 9.17) is 5.73 Å². The van der Waals surface area contributed by atoms with Crippen LogP contribution in [0.4, 0.5) is 5.13 Å². The molecule has 2 aromatic rings. The van der Waals surface area contributed by atoms with E-state index in [2.05, 4.69) is 15.2 Å². The number of rotatable bonds is 4. The van der Waals surface area contributed by atoms with Crippen molar-refractivity contribution in [2.24, 2.45) is 0 Å². The normalized spacial score (nSPS) is 11.9. The molecule has 0 unspecified atom stereocenters. The number of sulfonamides is 1. The molecule has 0 fully saturated rings. The van der Waals surface area contributed by atoms with E-state index in [1.807, 2.05) is 0 Å². The lowest BCUT2D eigenvalue weighted by Gasteiger charge is -2.14. The lowest BCUT2D eigenvalue weighted by molar-refractivity contribution is 0.465. The summed E-state index contributed by atoms with van der Waals surface area (Å²) in [4.78, 5) is 3.87. The van der Waals surface area contributed by atoms with Gasteiger partial charge in [-0.1, -0.05) is 11.3 Å². The van der Waals surface area contributed by atoms with Crippen LogP contribution in [0.15, 0.2) is 28.9 Å². The van der Waals surface area contributed by atoms with Gasteiger partial charge in [-0.05, 0) is 17.7 Å². The monoisotopic (exact) mass is 285 g/mol. The van der Waals surface area contributed by atoms with E-state index >= 15 is 0 Å². The first-order valence-corrected chi connectivity index (χ1v) is 7.20. The number of pyridine rings is 1. The summed E-state index contributed by atoms with van der Waals surface area (Å²) >= 11 is 0.847. The first kappa shape index (κ1) is 12.9. The minimum atomic E-state index is -3.64. The van der Waals surface area contributed by atoms with Gasteiger partial charge in [-0.2, -0.15) is 4.31 Å².